The van der Waals surface area contributed by atoms with Crippen molar-refractivity contribution in [3.05, 3.63) is 0 Å². The second-order valence-corrected chi connectivity index (χ2v) is 25.8. The van der Waals surface area contributed by atoms with Gasteiger partial charge in [0.25, 0.3) is 0 Å². The third-order valence-electron chi connectivity index (χ3n) is 19.4. The summed E-state index contributed by atoms with van der Waals surface area (Å²) < 4.78 is 95.0. The van der Waals surface area contributed by atoms with E-state index < -0.39 is 279 Å². The van der Waals surface area contributed by atoms with Gasteiger partial charge < -0.3 is 183 Å². The van der Waals surface area contributed by atoms with Crippen LogP contribution in [-0.4, -0.2) is 435 Å². The van der Waals surface area contributed by atoms with Crippen molar-refractivity contribution in [1.29, 1.82) is 0 Å². The standard InChI is InChI=1S/C56H96N2O37/c1-4-19-42-28(66)36(74)51(80-19)90-44-23(12-60)84-53(37(75)30(44)68)92-46-25(14-62)86-55(39(77)32(46)70)94-48-27(16-64)88-56(41(79)34(48)72)95-47-26(15-63)87-54(40(78)33(47)71)93-45-24(13-61)85-52(38(76)31(45)69)91-43-22(11-59)83-50(35(73)29(43)67)81-20-9-18(65)49(89-42)82-21(20)10-57-5-7-58(8-6-57)17(2)3/h17-56,59-79H,4-16H2,1-3H3. The molecular formula is C56H96N2O37. The second kappa shape index (κ2) is 32.8. The second-order valence-electron chi connectivity index (χ2n) is 25.8. The average Bonchev–Trinajstić information content (AvgIpc) is 0.785. The Morgan fingerprint density at radius 3 is 0.768 bits per heavy atom. The van der Waals surface area contributed by atoms with Crippen molar-refractivity contribution in [2.45, 2.75) is 279 Å². The Labute approximate surface area is 543 Å². The Kier molecular flexibility index (Phi) is 26.3. The number of aliphatic hydroxyl groups is 21. The van der Waals surface area contributed by atoms with Gasteiger partial charge in [0.1, 0.15) is 171 Å². The summed E-state index contributed by atoms with van der Waals surface area (Å²) in [6, 6.07) is 0.228. The molecule has 31 fully saturated rings. The summed E-state index contributed by atoms with van der Waals surface area (Å²) in [6.07, 6.45) is -73.5. The fourth-order valence-corrected chi connectivity index (χ4v) is 13.8. The Balaban J connectivity index is 0.918. The molecule has 0 saturated carbocycles. The van der Waals surface area contributed by atoms with Crippen LogP contribution in [0.15, 0.2) is 0 Å². The molecule has 95 heavy (non-hydrogen) atoms. The number of ether oxygens (including phenoxy) is 16. The topological polar surface area (TPSA) is 579 Å². The number of rotatable bonds is 10. The van der Waals surface area contributed by atoms with Crippen molar-refractivity contribution < 1.29 is 183 Å². The molecule has 31 saturated heterocycles. The van der Waals surface area contributed by atoms with Gasteiger partial charge in [-0.3, -0.25) is 9.80 Å². The van der Waals surface area contributed by atoms with E-state index in [1.54, 1.807) is 6.92 Å². The lowest BCUT2D eigenvalue weighted by Crippen LogP contribution is -2.68. The summed E-state index contributed by atoms with van der Waals surface area (Å²) in [7, 11) is 0. The molecule has 0 radical (unpaired) electrons. The Morgan fingerprint density at radius 2 is 0.516 bits per heavy atom. The maximum Gasteiger partial charge on any atom is 0.187 e. The molecule has 31 rings (SSSR count). The van der Waals surface area contributed by atoms with Crippen LogP contribution in [0.3, 0.4) is 0 Å². The van der Waals surface area contributed by atoms with Gasteiger partial charge in [0.15, 0.2) is 50.3 Å². The highest BCUT2D eigenvalue weighted by molar-refractivity contribution is 5.02. The third-order valence-corrected chi connectivity index (χ3v) is 19.4. The summed E-state index contributed by atoms with van der Waals surface area (Å²) >= 11 is 0. The lowest BCUT2D eigenvalue weighted by atomic mass is 9.94. The van der Waals surface area contributed by atoms with Crippen LogP contribution in [-0.2, 0) is 75.8 Å². The van der Waals surface area contributed by atoms with E-state index in [2.05, 4.69) is 18.7 Å². The Hall–Kier alpha value is -1.56. The van der Waals surface area contributed by atoms with Gasteiger partial charge in [0.05, 0.1) is 58.0 Å². The number of hydrogen-bond acceptors (Lipinski definition) is 39. The molecule has 31 aliphatic rings. The van der Waals surface area contributed by atoms with Gasteiger partial charge in [-0.1, -0.05) is 6.92 Å². The first-order chi connectivity index (χ1) is 45.3. The molecule has 39 nitrogen and oxygen atoms in total. The van der Waals surface area contributed by atoms with Gasteiger partial charge in [0.2, 0.25) is 0 Å². The summed E-state index contributed by atoms with van der Waals surface area (Å²) in [4.78, 5) is 4.30. The van der Waals surface area contributed by atoms with E-state index in [0.29, 0.717) is 26.2 Å². The fourth-order valence-electron chi connectivity index (χ4n) is 13.8. The molecule has 0 amide bonds. The quantitative estimate of drug-likeness (QED) is 0.0966. The van der Waals surface area contributed by atoms with Crippen molar-refractivity contribution in [3.8, 4) is 0 Å². The highest BCUT2D eigenvalue weighted by atomic mass is 16.8. The first kappa shape index (κ1) is 76.1. The summed E-state index contributed by atoms with van der Waals surface area (Å²) in [6.45, 7) is 2.09. The van der Waals surface area contributed by atoms with E-state index in [-0.39, 0.29) is 25.4 Å². The average molecular weight is 1390 g/mol. The first-order valence-corrected chi connectivity index (χ1v) is 32.1. The van der Waals surface area contributed by atoms with E-state index in [4.69, 9.17) is 75.8 Å². The molecular weight excluding hydrogens is 1290 g/mol. The van der Waals surface area contributed by atoms with Gasteiger partial charge in [-0.25, -0.2) is 0 Å². The molecule has 0 aromatic heterocycles. The summed E-state index contributed by atoms with van der Waals surface area (Å²) in [5, 5.41) is 237. The molecule has 31 heterocycles. The monoisotopic (exact) mass is 1390 g/mol. The molecule has 39 heteroatoms. The molecule has 31 aliphatic heterocycles. The van der Waals surface area contributed by atoms with Gasteiger partial charge in [-0.15, -0.1) is 0 Å². The van der Waals surface area contributed by atoms with Crippen molar-refractivity contribution >= 4 is 0 Å². The molecule has 0 aliphatic carbocycles. The van der Waals surface area contributed by atoms with Crippen molar-refractivity contribution in [1.82, 2.24) is 9.80 Å². The minimum Gasteiger partial charge on any atom is -0.394 e. The van der Waals surface area contributed by atoms with Crippen molar-refractivity contribution in [2.75, 3.05) is 72.4 Å². The minimum atomic E-state index is -2.22. The molecule has 39 unspecified atom stereocenters. The molecule has 0 aromatic rings. The normalized spacial score (nSPS) is 52.8. The zero-order valence-electron chi connectivity index (χ0n) is 52.1. The van der Waals surface area contributed by atoms with Crippen LogP contribution in [0.1, 0.15) is 33.6 Å². The van der Waals surface area contributed by atoms with E-state index in [0.717, 1.165) is 0 Å². The maximum atomic E-state index is 11.8. The Morgan fingerprint density at radius 1 is 0.284 bits per heavy atom. The van der Waals surface area contributed by atoms with Gasteiger partial charge in [-0.2, -0.15) is 0 Å². The summed E-state index contributed by atoms with van der Waals surface area (Å²) in [5.41, 5.74) is 0. The number of hydrogen-bond donors (Lipinski definition) is 21. The largest absolute Gasteiger partial charge is 0.394 e. The zero-order chi connectivity index (χ0) is 68.8. The predicted octanol–water partition coefficient (Wildman–Crippen LogP) is -13.9. The Bertz CT molecular complexity index is 2330. The number of aliphatic hydroxyl groups excluding tert-OH is 21. The zero-order valence-corrected chi connectivity index (χ0v) is 52.1. The minimum absolute atomic E-state index is 0.0287. The highest BCUT2D eigenvalue weighted by Crippen LogP contribution is 2.40. The summed E-state index contributed by atoms with van der Waals surface area (Å²) in [5.74, 6) is 0. The first-order valence-electron chi connectivity index (χ1n) is 32.1. The number of piperazine rings is 1. The predicted molar refractivity (Wildman–Crippen MR) is 299 cm³/mol. The van der Waals surface area contributed by atoms with Crippen LogP contribution in [0.5, 0.6) is 0 Å². The lowest BCUT2D eigenvalue weighted by molar-refractivity contribution is -0.401. The van der Waals surface area contributed by atoms with Crippen LogP contribution in [0, 0.1) is 0 Å². The van der Waals surface area contributed by atoms with Crippen molar-refractivity contribution in [3.63, 3.8) is 0 Å². The van der Waals surface area contributed by atoms with Crippen LogP contribution in [0.2, 0.25) is 0 Å². The van der Waals surface area contributed by atoms with Crippen LogP contribution in [0.25, 0.3) is 0 Å². The van der Waals surface area contributed by atoms with E-state index >= 15 is 0 Å². The van der Waals surface area contributed by atoms with Gasteiger partial charge in [0, 0.05) is 45.2 Å². The fraction of sp³-hybridized carbons (Fsp3) is 1.00. The van der Waals surface area contributed by atoms with Gasteiger partial charge >= 0.3 is 0 Å². The number of nitrogens with zero attached hydrogens (tertiary/aromatic N) is 2. The molecule has 0 spiro atoms. The lowest BCUT2D eigenvalue weighted by Gasteiger charge is -2.50. The molecule has 552 valence electrons. The van der Waals surface area contributed by atoms with E-state index in [1.165, 1.54) is 0 Å². The van der Waals surface area contributed by atoms with E-state index in [1.807, 2.05) is 4.90 Å². The SMILES string of the molecule is CCC1OC2OC3C(CO)OC(OC4C(CO)OC(OC5C(CO)OC(OC6C(CO)OC(OC7C(CO)OC(OC8C(CO)OC(OC9CC(O)C(OC9CN9CCN(C(C)C)CC9)OC1C(O)C2O)C(O)C8O)C(O)C7O)C(O)C6O)C(O)C5O)C(O)C4O)C(O)C3O. The van der Waals surface area contributed by atoms with Crippen LogP contribution >= 0.6 is 0 Å². The van der Waals surface area contributed by atoms with Crippen LogP contribution < -0.4 is 0 Å². The highest BCUT2D eigenvalue weighted by Gasteiger charge is 2.60. The molecule has 21 N–H and O–H groups in total. The van der Waals surface area contributed by atoms with E-state index in [9.17, 15) is 107 Å². The van der Waals surface area contributed by atoms with Crippen LogP contribution in [0.4, 0.5) is 0 Å². The van der Waals surface area contributed by atoms with Crippen molar-refractivity contribution in [2.24, 2.45) is 0 Å². The molecule has 39 atom stereocenters. The molecule has 16 bridgehead atoms. The molecule has 0 aromatic carbocycles. The maximum absolute atomic E-state index is 11.8. The smallest absolute Gasteiger partial charge is 0.187 e. The third kappa shape index (κ3) is 15.8. The van der Waals surface area contributed by atoms with Gasteiger partial charge in [-0.05, 0) is 20.3 Å².